The first-order valence-electron chi connectivity index (χ1n) is 12.1. The Bertz CT molecular complexity index is 1090. The van der Waals surface area contributed by atoms with Crippen LogP contribution < -0.4 is 10.2 Å². The molecule has 0 spiro atoms. The molecular formula is C26H32BrN5O2S2. The van der Waals surface area contributed by atoms with Gasteiger partial charge in [-0.15, -0.1) is 11.8 Å². The molecule has 1 atom stereocenters. The average molecular weight is 591 g/mol. The van der Waals surface area contributed by atoms with Crippen LogP contribution in [-0.4, -0.2) is 90.2 Å². The van der Waals surface area contributed by atoms with Gasteiger partial charge in [-0.25, -0.2) is 0 Å². The zero-order chi connectivity index (χ0) is 25.7. The molecule has 2 heterocycles. The molecule has 7 nitrogen and oxygen atoms in total. The number of hydrogen-bond donors (Lipinski definition) is 1. The molecule has 0 aromatic heterocycles. The van der Waals surface area contributed by atoms with E-state index in [2.05, 4.69) is 38.1 Å². The minimum absolute atomic E-state index is 0.0439. The Hall–Kier alpha value is -1.98. The standard InChI is InChI=1S/C26H32BrN5O2S2/c1-29-13-15-30(16-14-29)11-4-12-31-23(18-24(33)28-20-9-7-19(27)8-10-20)25(34)32(26(31)35)21-5-3-6-22(17-21)36-2/h3,5-10,17,23H,4,11-16,18H2,1-2H3,(H,28,33)/t23-/m0/s1. The number of thiocarbonyl (C=S) groups is 1. The fourth-order valence-electron chi connectivity index (χ4n) is 4.53. The quantitative estimate of drug-likeness (QED) is 0.348. The summed E-state index contributed by atoms with van der Waals surface area (Å²) in [4.78, 5) is 36.0. The smallest absolute Gasteiger partial charge is 0.256 e. The second-order valence-electron chi connectivity index (χ2n) is 9.12. The maximum absolute atomic E-state index is 13.6. The second-order valence-corrected chi connectivity index (χ2v) is 11.3. The molecule has 2 fully saturated rings. The van der Waals surface area contributed by atoms with Gasteiger partial charge in [-0.05, 0) is 81.0 Å². The minimum Gasteiger partial charge on any atom is -0.336 e. The van der Waals surface area contributed by atoms with Crippen molar-refractivity contribution in [1.29, 1.82) is 0 Å². The number of amides is 2. The second kappa shape index (κ2) is 12.5. The van der Waals surface area contributed by atoms with Crippen molar-refractivity contribution in [2.24, 2.45) is 0 Å². The molecule has 2 aromatic rings. The molecule has 2 aliphatic heterocycles. The van der Waals surface area contributed by atoms with Crippen molar-refractivity contribution in [3.8, 4) is 0 Å². The monoisotopic (exact) mass is 589 g/mol. The predicted molar refractivity (Wildman–Crippen MR) is 155 cm³/mol. The number of carbonyl (C=O) groups excluding carboxylic acids is 2. The lowest BCUT2D eigenvalue weighted by Gasteiger charge is -2.33. The fourth-order valence-corrected chi connectivity index (χ4v) is 5.66. The fraction of sp³-hybridized carbons (Fsp3) is 0.423. The van der Waals surface area contributed by atoms with E-state index in [0.29, 0.717) is 17.3 Å². The lowest BCUT2D eigenvalue weighted by Crippen LogP contribution is -2.45. The van der Waals surface area contributed by atoms with Crippen LogP contribution in [0.5, 0.6) is 0 Å². The van der Waals surface area contributed by atoms with E-state index in [1.165, 1.54) is 0 Å². The summed E-state index contributed by atoms with van der Waals surface area (Å²) in [6.45, 7) is 5.81. The van der Waals surface area contributed by atoms with E-state index < -0.39 is 6.04 Å². The van der Waals surface area contributed by atoms with Crippen molar-refractivity contribution in [3.63, 3.8) is 0 Å². The van der Waals surface area contributed by atoms with Gasteiger partial charge in [0.1, 0.15) is 6.04 Å². The molecule has 0 bridgehead atoms. The van der Waals surface area contributed by atoms with Crippen LogP contribution in [0.4, 0.5) is 11.4 Å². The van der Waals surface area contributed by atoms with Crippen LogP contribution in [0.25, 0.3) is 0 Å². The number of piperazine rings is 1. The van der Waals surface area contributed by atoms with Gasteiger partial charge in [0.15, 0.2) is 5.11 Å². The maximum Gasteiger partial charge on any atom is 0.256 e. The number of nitrogens with one attached hydrogen (secondary N) is 1. The predicted octanol–water partition coefficient (Wildman–Crippen LogP) is 4.14. The van der Waals surface area contributed by atoms with Gasteiger partial charge in [0, 0.05) is 47.8 Å². The number of nitrogens with zero attached hydrogens (tertiary/aromatic N) is 4. The Kier molecular flexibility index (Phi) is 9.41. The van der Waals surface area contributed by atoms with Crippen molar-refractivity contribution in [2.75, 3.05) is 62.8 Å². The summed E-state index contributed by atoms with van der Waals surface area (Å²) in [5.41, 5.74) is 1.44. The van der Waals surface area contributed by atoms with Gasteiger partial charge in [0.2, 0.25) is 5.91 Å². The Balaban J connectivity index is 1.48. The van der Waals surface area contributed by atoms with Crippen LogP contribution in [0.15, 0.2) is 57.9 Å². The third-order valence-corrected chi connectivity index (χ3v) is 8.28. The number of halogens is 1. The molecule has 2 amide bonds. The topological polar surface area (TPSA) is 59.1 Å². The van der Waals surface area contributed by atoms with Gasteiger partial charge in [-0.3, -0.25) is 14.5 Å². The molecule has 0 radical (unpaired) electrons. The number of hydrogen-bond acceptors (Lipinski definition) is 6. The largest absolute Gasteiger partial charge is 0.336 e. The van der Waals surface area contributed by atoms with Crippen LogP contribution >= 0.6 is 39.9 Å². The van der Waals surface area contributed by atoms with Gasteiger partial charge in [0.25, 0.3) is 5.91 Å². The zero-order valence-electron chi connectivity index (χ0n) is 20.7. The number of rotatable bonds is 9. The normalized spacial score (nSPS) is 19.2. The van der Waals surface area contributed by atoms with E-state index in [9.17, 15) is 9.59 Å². The van der Waals surface area contributed by atoms with Crippen molar-refractivity contribution < 1.29 is 9.59 Å². The van der Waals surface area contributed by atoms with Crippen molar-refractivity contribution >= 4 is 68.2 Å². The van der Waals surface area contributed by atoms with Crippen molar-refractivity contribution in [1.82, 2.24) is 14.7 Å². The molecule has 0 aliphatic carbocycles. The van der Waals surface area contributed by atoms with E-state index in [1.807, 2.05) is 59.7 Å². The third-order valence-electron chi connectivity index (χ3n) is 6.61. The van der Waals surface area contributed by atoms with Crippen molar-refractivity contribution in [2.45, 2.75) is 23.8 Å². The Morgan fingerprint density at radius 3 is 2.53 bits per heavy atom. The molecule has 2 saturated heterocycles. The summed E-state index contributed by atoms with van der Waals surface area (Å²) in [6, 6.07) is 14.6. The number of likely N-dealkylation sites (N-methyl/N-ethyl adjacent to an activating group) is 1. The lowest BCUT2D eigenvalue weighted by atomic mass is 10.1. The highest BCUT2D eigenvalue weighted by Crippen LogP contribution is 2.30. The van der Waals surface area contributed by atoms with Gasteiger partial charge < -0.3 is 20.0 Å². The summed E-state index contributed by atoms with van der Waals surface area (Å²) < 4.78 is 0.937. The molecule has 0 saturated carbocycles. The molecule has 2 aliphatic rings. The van der Waals surface area contributed by atoms with Gasteiger partial charge in [-0.1, -0.05) is 22.0 Å². The summed E-state index contributed by atoms with van der Waals surface area (Å²) in [5, 5.41) is 3.39. The first kappa shape index (κ1) is 27.1. The summed E-state index contributed by atoms with van der Waals surface area (Å²) in [5.74, 6) is -0.355. The molecule has 192 valence electrons. The molecular weight excluding hydrogens is 558 g/mol. The van der Waals surface area contributed by atoms with Crippen LogP contribution in [-0.2, 0) is 9.59 Å². The number of anilines is 2. The highest BCUT2D eigenvalue weighted by atomic mass is 79.9. The van der Waals surface area contributed by atoms with E-state index in [4.69, 9.17) is 12.2 Å². The van der Waals surface area contributed by atoms with E-state index in [-0.39, 0.29) is 18.2 Å². The molecule has 2 aromatic carbocycles. The van der Waals surface area contributed by atoms with Gasteiger partial charge >= 0.3 is 0 Å². The van der Waals surface area contributed by atoms with Gasteiger partial charge in [-0.2, -0.15) is 0 Å². The molecule has 1 N–H and O–H groups in total. The Morgan fingerprint density at radius 2 is 1.83 bits per heavy atom. The van der Waals surface area contributed by atoms with E-state index in [1.54, 1.807) is 16.7 Å². The van der Waals surface area contributed by atoms with Crippen molar-refractivity contribution in [3.05, 3.63) is 53.0 Å². The zero-order valence-corrected chi connectivity index (χ0v) is 23.9. The maximum atomic E-state index is 13.6. The summed E-state index contributed by atoms with van der Waals surface area (Å²) in [6.07, 6.45) is 2.92. The molecule has 36 heavy (non-hydrogen) atoms. The first-order chi connectivity index (χ1) is 17.4. The highest BCUT2D eigenvalue weighted by Gasteiger charge is 2.44. The van der Waals surface area contributed by atoms with Gasteiger partial charge in [0.05, 0.1) is 12.1 Å². The summed E-state index contributed by atoms with van der Waals surface area (Å²) >= 11 is 10.9. The average Bonchev–Trinajstić information content (AvgIpc) is 3.10. The molecule has 4 rings (SSSR count). The minimum atomic E-state index is -0.627. The SMILES string of the molecule is CSc1cccc(N2C(=O)[C@H](CC(=O)Nc3ccc(Br)cc3)N(CCCN3CCN(C)CC3)C2=S)c1. The van der Waals surface area contributed by atoms with Crippen LogP contribution in [0, 0.1) is 0 Å². The molecule has 10 heteroatoms. The van der Waals surface area contributed by atoms with Crippen LogP contribution in [0.2, 0.25) is 0 Å². The van der Waals surface area contributed by atoms with E-state index in [0.717, 1.165) is 54.2 Å². The first-order valence-corrected chi connectivity index (χ1v) is 14.5. The highest BCUT2D eigenvalue weighted by molar-refractivity contribution is 9.10. The van der Waals surface area contributed by atoms with Crippen LogP contribution in [0.3, 0.4) is 0 Å². The van der Waals surface area contributed by atoms with E-state index >= 15 is 0 Å². The summed E-state index contributed by atoms with van der Waals surface area (Å²) in [7, 11) is 2.15. The lowest BCUT2D eigenvalue weighted by molar-refractivity contribution is -0.124. The molecule has 0 unspecified atom stereocenters. The Labute approximate surface area is 231 Å². The number of carbonyl (C=O) groups is 2. The van der Waals surface area contributed by atoms with Crippen LogP contribution in [0.1, 0.15) is 12.8 Å². The third kappa shape index (κ3) is 6.66. The Morgan fingerprint density at radius 1 is 1.11 bits per heavy atom. The number of benzene rings is 2. The number of thioether (sulfide) groups is 1.